The molecule has 0 spiro atoms. The molecule has 0 radical (unpaired) electrons. The van der Waals surface area contributed by atoms with Crippen LogP contribution in [-0.4, -0.2) is 20.8 Å². The van der Waals surface area contributed by atoms with Crippen LogP contribution in [0, 0.1) is 11.6 Å². The highest BCUT2D eigenvalue weighted by Gasteiger charge is 2.19. The van der Waals surface area contributed by atoms with Crippen molar-refractivity contribution in [2.75, 3.05) is 0 Å². The van der Waals surface area contributed by atoms with Gasteiger partial charge in [0.25, 0.3) is 0 Å². The summed E-state index contributed by atoms with van der Waals surface area (Å²) in [6.45, 7) is 0. The van der Waals surface area contributed by atoms with Crippen LogP contribution in [0.2, 0.25) is 5.02 Å². The summed E-state index contributed by atoms with van der Waals surface area (Å²) in [5.74, 6) is -2.44. The molecule has 0 unspecified atom stereocenters. The molecule has 1 aromatic carbocycles. The van der Waals surface area contributed by atoms with E-state index < -0.39 is 23.0 Å². The number of carbonyl (C=O) groups excluding carboxylic acids is 1. The summed E-state index contributed by atoms with van der Waals surface area (Å²) in [4.78, 5) is 11.9. The van der Waals surface area contributed by atoms with E-state index in [2.05, 4.69) is 10.3 Å². The molecule has 0 N–H and O–H groups in total. The molecule has 1 aromatic heterocycles. The fourth-order valence-electron chi connectivity index (χ4n) is 1.33. The maximum atomic E-state index is 13.5. The summed E-state index contributed by atoms with van der Waals surface area (Å²) in [5, 5.41) is 6.65. The quantitative estimate of drug-likeness (QED) is 0.610. The molecule has 0 aliphatic carbocycles. The largest absolute Gasteiger partial charge is 0.287 e. The highest BCUT2D eigenvalue weighted by Crippen LogP contribution is 2.21. The molecule has 4 nitrogen and oxygen atoms in total. The first-order chi connectivity index (χ1) is 8.00. The highest BCUT2D eigenvalue weighted by molar-refractivity contribution is 6.30. The van der Waals surface area contributed by atoms with Gasteiger partial charge in [0.2, 0.25) is 5.78 Å². The fraction of sp³-hybridized carbons (Fsp3) is 0.100. The number of aromatic nitrogens is 3. The Kier molecular flexibility index (Phi) is 2.89. The zero-order chi connectivity index (χ0) is 12.6. The standard InChI is InChI=1S/C10H6ClF2N3O/c1-16-9(4-14-15-16)10(17)5-2-8(13)6(11)3-7(5)12/h2-4H,1H3. The van der Waals surface area contributed by atoms with Gasteiger partial charge in [0.15, 0.2) is 0 Å². The van der Waals surface area contributed by atoms with Crippen LogP contribution in [0.15, 0.2) is 18.3 Å². The Morgan fingerprint density at radius 1 is 1.35 bits per heavy atom. The van der Waals surface area contributed by atoms with E-state index in [-0.39, 0.29) is 10.7 Å². The molecule has 7 heteroatoms. The maximum absolute atomic E-state index is 13.5. The van der Waals surface area contributed by atoms with Crippen molar-refractivity contribution in [2.24, 2.45) is 7.05 Å². The number of hydrogen-bond acceptors (Lipinski definition) is 3. The average molecular weight is 258 g/mol. The molecule has 0 atom stereocenters. The van der Waals surface area contributed by atoms with Crippen LogP contribution in [0.25, 0.3) is 0 Å². The van der Waals surface area contributed by atoms with Gasteiger partial charge in [-0.2, -0.15) is 0 Å². The molecule has 0 aliphatic rings. The zero-order valence-electron chi connectivity index (χ0n) is 8.62. The van der Waals surface area contributed by atoms with Crippen molar-refractivity contribution < 1.29 is 13.6 Å². The third-order valence-corrected chi connectivity index (χ3v) is 2.49. The molecule has 88 valence electrons. The number of rotatable bonds is 2. The lowest BCUT2D eigenvalue weighted by atomic mass is 10.1. The molecule has 0 aliphatic heterocycles. The van der Waals surface area contributed by atoms with Crippen molar-refractivity contribution in [1.29, 1.82) is 0 Å². The topological polar surface area (TPSA) is 47.8 Å². The Balaban J connectivity index is 2.52. The molecule has 2 aromatic rings. The summed E-state index contributed by atoms with van der Waals surface area (Å²) in [6, 6.07) is 1.51. The first kappa shape index (κ1) is 11.7. The van der Waals surface area contributed by atoms with Crippen molar-refractivity contribution >= 4 is 17.4 Å². The first-order valence-corrected chi connectivity index (χ1v) is 4.92. The number of benzene rings is 1. The fourth-order valence-corrected chi connectivity index (χ4v) is 1.48. The Morgan fingerprint density at radius 3 is 2.65 bits per heavy atom. The van der Waals surface area contributed by atoms with Crippen molar-refractivity contribution in [1.82, 2.24) is 15.0 Å². The van der Waals surface area contributed by atoms with Gasteiger partial charge < -0.3 is 0 Å². The van der Waals surface area contributed by atoms with Gasteiger partial charge >= 0.3 is 0 Å². The molecule has 1 heterocycles. The van der Waals surface area contributed by atoms with Crippen LogP contribution in [-0.2, 0) is 7.05 Å². The molecule has 0 bridgehead atoms. The van der Waals surface area contributed by atoms with Crippen LogP contribution in [0.3, 0.4) is 0 Å². The Hall–Kier alpha value is -1.82. The third kappa shape index (κ3) is 2.03. The predicted molar refractivity (Wildman–Crippen MR) is 55.8 cm³/mol. The summed E-state index contributed by atoms with van der Waals surface area (Å²) >= 11 is 5.39. The Morgan fingerprint density at radius 2 is 2.06 bits per heavy atom. The number of hydrogen-bond donors (Lipinski definition) is 0. The van der Waals surface area contributed by atoms with Crippen molar-refractivity contribution in [3.8, 4) is 0 Å². The van der Waals surface area contributed by atoms with Crippen LogP contribution in [0.1, 0.15) is 16.1 Å². The van der Waals surface area contributed by atoms with Gasteiger partial charge in [-0.1, -0.05) is 16.8 Å². The SMILES string of the molecule is Cn1nncc1C(=O)c1cc(F)c(Cl)cc1F. The lowest BCUT2D eigenvalue weighted by molar-refractivity contribution is 0.102. The van der Waals surface area contributed by atoms with Gasteiger partial charge in [-0.15, -0.1) is 5.10 Å². The molecule has 2 rings (SSSR count). The number of ketones is 1. The van der Waals surface area contributed by atoms with E-state index >= 15 is 0 Å². The number of halogens is 3. The molecule has 17 heavy (non-hydrogen) atoms. The van der Waals surface area contributed by atoms with Gasteiger partial charge in [-0.25, -0.2) is 13.5 Å². The van der Waals surface area contributed by atoms with Crippen molar-refractivity contribution in [3.63, 3.8) is 0 Å². The van der Waals surface area contributed by atoms with Gasteiger partial charge in [0.1, 0.15) is 17.3 Å². The van der Waals surface area contributed by atoms with Crippen LogP contribution < -0.4 is 0 Å². The van der Waals surface area contributed by atoms with E-state index in [0.29, 0.717) is 0 Å². The van der Waals surface area contributed by atoms with Gasteiger partial charge in [0.05, 0.1) is 16.8 Å². The van der Waals surface area contributed by atoms with Crippen LogP contribution >= 0.6 is 11.6 Å². The lowest BCUT2D eigenvalue weighted by Crippen LogP contribution is -2.10. The van der Waals surface area contributed by atoms with Crippen LogP contribution in [0.5, 0.6) is 0 Å². The molecule has 0 fully saturated rings. The molecule has 0 saturated carbocycles. The van der Waals surface area contributed by atoms with E-state index in [1.54, 1.807) is 0 Å². The minimum Gasteiger partial charge on any atom is -0.287 e. The second-order valence-corrected chi connectivity index (χ2v) is 3.73. The molecule has 0 saturated heterocycles. The summed E-state index contributed by atoms with van der Waals surface area (Å²) in [5.41, 5.74) is -0.345. The zero-order valence-corrected chi connectivity index (χ0v) is 9.37. The smallest absolute Gasteiger partial charge is 0.215 e. The molecule has 0 amide bonds. The summed E-state index contributed by atoms with van der Waals surface area (Å²) < 4.78 is 27.8. The van der Waals surface area contributed by atoms with Gasteiger partial charge in [-0.05, 0) is 12.1 Å². The average Bonchev–Trinajstić information content (AvgIpc) is 2.69. The predicted octanol–water partition coefficient (Wildman–Crippen LogP) is 1.98. The van der Waals surface area contributed by atoms with E-state index in [1.165, 1.54) is 17.9 Å². The van der Waals surface area contributed by atoms with E-state index in [0.717, 1.165) is 12.1 Å². The van der Waals surface area contributed by atoms with E-state index in [9.17, 15) is 13.6 Å². The minimum absolute atomic E-state index is 0.0608. The first-order valence-electron chi connectivity index (χ1n) is 4.54. The van der Waals surface area contributed by atoms with Gasteiger partial charge in [-0.3, -0.25) is 4.79 Å². The number of nitrogens with zero attached hydrogens (tertiary/aromatic N) is 3. The second kappa shape index (κ2) is 4.21. The Bertz CT molecular complexity index is 597. The van der Waals surface area contributed by atoms with Crippen molar-refractivity contribution in [2.45, 2.75) is 0 Å². The normalized spacial score (nSPS) is 10.6. The van der Waals surface area contributed by atoms with Gasteiger partial charge in [0, 0.05) is 7.05 Å². The lowest BCUT2D eigenvalue weighted by Gasteiger charge is -2.03. The highest BCUT2D eigenvalue weighted by atomic mass is 35.5. The Labute approximate surface area is 99.8 Å². The minimum atomic E-state index is -0.886. The molecular formula is C10H6ClF2N3O. The molecular weight excluding hydrogens is 252 g/mol. The third-order valence-electron chi connectivity index (χ3n) is 2.20. The second-order valence-electron chi connectivity index (χ2n) is 3.32. The summed E-state index contributed by atoms with van der Waals surface area (Å²) in [6.07, 6.45) is 1.17. The van der Waals surface area contributed by atoms with E-state index in [4.69, 9.17) is 11.6 Å². The van der Waals surface area contributed by atoms with Crippen molar-refractivity contribution in [3.05, 3.63) is 46.2 Å². The summed E-state index contributed by atoms with van der Waals surface area (Å²) in [7, 11) is 1.48. The maximum Gasteiger partial charge on any atom is 0.215 e. The number of aryl methyl sites for hydroxylation is 1. The van der Waals surface area contributed by atoms with E-state index in [1.807, 2.05) is 0 Å². The number of carbonyl (C=O) groups is 1. The monoisotopic (exact) mass is 257 g/mol. The van der Waals surface area contributed by atoms with Crippen LogP contribution in [0.4, 0.5) is 8.78 Å².